The molecule has 3 aromatic carbocycles. The minimum atomic E-state index is -3.84. The molecule has 0 bridgehead atoms. The molecule has 3 aromatic rings. The molecule has 0 saturated heterocycles. The van der Waals surface area contributed by atoms with E-state index in [0.29, 0.717) is 15.9 Å². The summed E-state index contributed by atoms with van der Waals surface area (Å²) in [4.78, 5) is 0. The van der Waals surface area contributed by atoms with Crippen LogP contribution in [0.3, 0.4) is 0 Å². The van der Waals surface area contributed by atoms with E-state index in [2.05, 4.69) is 0 Å². The number of alkyl halides is 2. The van der Waals surface area contributed by atoms with Gasteiger partial charge in [-0.05, 0) is 0 Å². The van der Waals surface area contributed by atoms with Gasteiger partial charge < -0.3 is 0 Å². The van der Waals surface area contributed by atoms with E-state index in [-0.39, 0.29) is 17.0 Å². The Balaban J connectivity index is 0.00000208. The molecule has 0 unspecified atom stereocenters. The molecule has 0 spiro atoms. The monoisotopic (exact) mass is 408 g/mol. The Hall–Kier alpha value is -1.57. The zero-order chi connectivity index (χ0) is 16.4. The molecule has 0 aliphatic heterocycles. The van der Waals surface area contributed by atoms with Crippen molar-refractivity contribution in [1.29, 1.82) is 0 Å². The van der Waals surface area contributed by atoms with Crippen LogP contribution in [-0.2, 0) is 0 Å². The molecule has 3 rings (SSSR count). The molecule has 4 heteroatoms. The first-order valence-electron chi connectivity index (χ1n) is 7.54. The first-order chi connectivity index (χ1) is 11.1. The quantitative estimate of drug-likeness (QED) is 0.536. The standard InChI is InChI=1S/C20H19F2P.BrH/c1-23(20(21)22,17-11-5-2-6-12-17,18-13-7-3-8-14-18)19-15-9-4-10-16-19;/h2-16,20H,1H3;1H. The number of hydrogen-bond donors (Lipinski definition) is 0. The average Bonchev–Trinajstić information content (AvgIpc) is 2.63. The summed E-state index contributed by atoms with van der Waals surface area (Å²) in [7, 11) is 0. The fraction of sp³-hybridized carbons (Fsp3) is 0.100. The molecule has 0 fully saturated rings. The van der Waals surface area contributed by atoms with Crippen LogP contribution < -0.4 is 15.9 Å². The van der Waals surface area contributed by atoms with Crippen LogP contribution in [0.1, 0.15) is 0 Å². The van der Waals surface area contributed by atoms with Crippen LogP contribution in [0.25, 0.3) is 0 Å². The third kappa shape index (κ3) is 2.60. The Morgan fingerprint density at radius 3 is 1.04 bits per heavy atom. The van der Waals surface area contributed by atoms with E-state index in [0.717, 1.165) is 0 Å². The van der Waals surface area contributed by atoms with Gasteiger partial charge in [0.05, 0.1) is 0 Å². The van der Waals surface area contributed by atoms with Crippen molar-refractivity contribution in [3.05, 3.63) is 91.0 Å². The third-order valence-electron chi connectivity index (χ3n) is 4.75. The van der Waals surface area contributed by atoms with Crippen molar-refractivity contribution >= 4 is 39.5 Å². The van der Waals surface area contributed by atoms with Gasteiger partial charge in [0.15, 0.2) is 0 Å². The summed E-state index contributed by atoms with van der Waals surface area (Å²) in [5, 5.41) is 2.14. The van der Waals surface area contributed by atoms with Gasteiger partial charge >= 0.3 is 135 Å². The Morgan fingerprint density at radius 1 is 0.583 bits per heavy atom. The summed E-state index contributed by atoms with van der Waals surface area (Å²) >= 11 is 0. The van der Waals surface area contributed by atoms with Crippen LogP contribution in [0, 0.1) is 0 Å². The van der Waals surface area contributed by atoms with Crippen molar-refractivity contribution in [2.45, 2.75) is 6.17 Å². The van der Waals surface area contributed by atoms with Gasteiger partial charge in [-0.2, -0.15) is 0 Å². The topological polar surface area (TPSA) is 0 Å². The van der Waals surface area contributed by atoms with Gasteiger partial charge in [-0.3, -0.25) is 0 Å². The van der Waals surface area contributed by atoms with Crippen LogP contribution in [0.2, 0.25) is 0 Å². The Morgan fingerprint density at radius 2 is 0.833 bits per heavy atom. The predicted octanol–water partition coefficient (Wildman–Crippen LogP) is 4.95. The van der Waals surface area contributed by atoms with Gasteiger partial charge in [0.1, 0.15) is 0 Å². The molecule has 0 aliphatic carbocycles. The summed E-state index contributed by atoms with van der Waals surface area (Å²) < 4.78 is 29.7. The van der Waals surface area contributed by atoms with Crippen molar-refractivity contribution in [3.63, 3.8) is 0 Å². The molecule has 0 radical (unpaired) electrons. The van der Waals surface area contributed by atoms with E-state index >= 15 is 0 Å². The van der Waals surface area contributed by atoms with Crippen LogP contribution >= 0.6 is 23.6 Å². The van der Waals surface area contributed by atoms with Gasteiger partial charge in [-0.1, -0.05) is 0 Å². The van der Waals surface area contributed by atoms with Gasteiger partial charge in [-0.25, -0.2) is 0 Å². The van der Waals surface area contributed by atoms with Crippen molar-refractivity contribution in [3.8, 4) is 0 Å². The fourth-order valence-corrected chi connectivity index (χ4v) is 7.61. The second-order valence-electron chi connectivity index (χ2n) is 5.94. The Kier molecular flexibility index (Phi) is 5.57. The van der Waals surface area contributed by atoms with Crippen molar-refractivity contribution in [2.24, 2.45) is 0 Å². The van der Waals surface area contributed by atoms with Crippen molar-refractivity contribution in [2.75, 3.05) is 6.66 Å². The second kappa shape index (κ2) is 7.13. The molecule has 0 atom stereocenters. The van der Waals surface area contributed by atoms with E-state index in [4.69, 9.17) is 0 Å². The van der Waals surface area contributed by atoms with E-state index < -0.39 is 12.8 Å². The maximum atomic E-state index is 14.9. The minimum absolute atomic E-state index is 0. The third-order valence-corrected chi connectivity index (χ3v) is 10.6. The molecule has 0 amide bonds. The number of hydrogen-bond acceptors (Lipinski definition) is 0. The van der Waals surface area contributed by atoms with Gasteiger partial charge in [0, 0.05) is 0 Å². The van der Waals surface area contributed by atoms with Gasteiger partial charge in [-0.15, -0.1) is 17.0 Å². The average molecular weight is 409 g/mol. The first kappa shape index (κ1) is 18.8. The molecule has 0 aliphatic rings. The first-order valence-corrected chi connectivity index (χ1v) is 10.3. The van der Waals surface area contributed by atoms with Crippen LogP contribution in [-0.4, -0.2) is 12.8 Å². The van der Waals surface area contributed by atoms with Crippen LogP contribution in [0.5, 0.6) is 0 Å². The molecule has 126 valence electrons. The summed E-state index contributed by atoms with van der Waals surface area (Å²) in [6, 6.07) is 27.7. The summed E-state index contributed by atoms with van der Waals surface area (Å²) in [6.07, 6.45) is -2.48. The molecule has 0 nitrogen and oxygen atoms in total. The van der Waals surface area contributed by atoms with E-state index in [1.54, 1.807) is 6.66 Å². The number of halogens is 3. The van der Waals surface area contributed by atoms with E-state index in [1.807, 2.05) is 91.0 Å². The Bertz CT molecular complexity index is 677. The van der Waals surface area contributed by atoms with Crippen molar-refractivity contribution < 1.29 is 8.78 Å². The maximum absolute atomic E-state index is 14.9. The zero-order valence-corrected chi connectivity index (χ0v) is 16.0. The normalized spacial score (nSPS) is 12.9. The molecular formula is C20H20BrF2P. The van der Waals surface area contributed by atoms with Crippen molar-refractivity contribution in [1.82, 2.24) is 0 Å². The summed E-state index contributed by atoms with van der Waals surface area (Å²) in [6.45, 7) is -2.07. The van der Waals surface area contributed by atoms with Gasteiger partial charge in [0.2, 0.25) is 0 Å². The van der Waals surface area contributed by atoms with Gasteiger partial charge in [0.25, 0.3) is 0 Å². The van der Waals surface area contributed by atoms with E-state index in [1.165, 1.54) is 0 Å². The summed E-state index contributed by atoms with van der Waals surface area (Å²) in [5.74, 6) is 0. The second-order valence-corrected chi connectivity index (χ2v) is 11.2. The fourth-order valence-electron chi connectivity index (χ4n) is 3.22. The molecule has 0 N–H and O–H groups in total. The predicted molar refractivity (Wildman–Crippen MR) is 107 cm³/mol. The molecule has 0 heterocycles. The molecular weight excluding hydrogens is 389 g/mol. The van der Waals surface area contributed by atoms with E-state index in [9.17, 15) is 8.78 Å². The Labute approximate surface area is 152 Å². The number of benzene rings is 3. The summed E-state index contributed by atoms with van der Waals surface area (Å²) in [5.41, 5.74) is 0. The number of rotatable bonds is 4. The molecule has 24 heavy (non-hydrogen) atoms. The van der Waals surface area contributed by atoms with Crippen LogP contribution in [0.15, 0.2) is 91.0 Å². The molecule has 0 saturated carbocycles. The SMILES string of the molecule is Br.CP(c1ccccc1)(c1ccccc1)(c1ccccc1)C(F)F. The zero-order valence-electron chi connectivity index (χ0n) is 13.3. The van der Waals surface area contributed by atoms with Crippen LogP contribution in [0.4, 0.5) is 8.78 Å². The molecule has 0 aromatic heterocycles.